The quantitative estimate of drug-likeness (QED) is 0.795. The number of benzene rings is 2. The molecule has 0 saturated carbocycles. The molecule has 0 fully saturated rings. The molecule has 0 aromatic heterocycles. The summed E-state index contributed by atoms with van der Waals surface area (Å²) in [6, 6.07) is 7.38. The molecule has 0 aliphatic carbocycles. The van der Waals surface area contributed by atoms with Crippen LogP contribution < -0.4 is 10.5 Å². The normalized spacial score (nSPS) is 11.4. The van der Waals surface area contributed by atoms with E-state index in [2.05, 4.69) is 4.72 Å². The van der Waals surface area contributed by atoms with Gasteiger partial charge in [-0.25, -0.2) is 8.42 Å². The molecule has 4 nitrogen and oxygen atoms in total. The Morgan fingerprint density at radius 1 is 1.10 bits per heavy atom. The van der Waals surface area contributed by atoms with Crippen LogP contribution in [-0.2, 0) is 10.0 Å². The minimum atomic E-state index is -3.85. The third kappa shape index (κ3) is 3.37. The van der Waals surface area contributed by atoms with Crippen molar-refractivity contribution in [3.05, 3.63) is 51.0 Å². The molecule has 2 rings (SSSR count). The molecule has 112 valence electrons. The lowest BCUT2D eigenvalue weighted by molar-refractivity contribution is 0.601. The van der Waals surface area contributed by atoms with Crippen LogP contribution in [0.3, 0.4) is 0 Å². The fourth-order valence-corrected chi connectivity index (χ4v) is 3.41. The topological polar surface area (TPSA) is 72.2 Å². The number of nitrogen functional groups attached to an aromatic ring is 1. The van der Waals surface area contributed by atoms with E-state index in [0.29, 0.717) is 10.6 Å². The van der Waals surface area contributed by atoms with Gasteiger partial charge in [-0.2, -0.15) is 0 Å². The standard InChI is InChI=1S/C13H11Cl3N2O2S/c1-7-5-8(6-10(17)12(7)15)21(19,20)18-11-4-2-3-9(14)13(11)16/h2-6,18H,17H2,1H3. The maximum Gasteiger partial charge on any atom is 0.262 e. The van der Waals surface area contributed by atoms with Gasteiger partial charge in [0.05, 0.1) is 31.3 Å². The number of hydrogen-bond donors (Lipinski definition) is 2. The Bertz CT molecular complexity index is 784. The largest absolute Gasteiger partial charge is 0.397 e. The zero-order valence-electron chi connectivity index (χ0n) is 10.8. The average Bonchev–Trinajstić information content (AvgIpc) is 2.40. The highest BCUT2D eigenvalue weighted by Gasteiger charge is 2.18. The van der Waals surface area contributed by atoms with Crippen LogP contribution >= 0.6 is 34.8 Å². The van der Waals surface area contributed by atoms with Gasteiger partial charge in [-0.15, -0.1) is 0 Å². The first-order valence-corrected chi connectivity index (χ1v) is 8.36. The third-order valence-electron chi connectivity index (χ3n) is 2.76. The summed E-state index contributed by atoms with van der Waals surface area (Å²) >= 11 is 17.8. The maximum absolute atomic E-state index is 12.4. The fraction of sp³-hybridized carbons (Fsp3) is 0.0769. The van der Waals surface area contributed by atoms with Crippen LogP contribution in [0.4, 0.5) is 11.4 Å². The summed E-state index contributed by atoms with van der Waals surface area (Å²) in [5, 5.41) is 0.708. The summed E-state index contributed by atoms with van der Waals surface area (Å²) in [4.78, 5) is -0.00191. The highest BCUT2D eigenvalue weighted by Crippen LogP contribution is 2.32. The van der Waals surface area contributed by atoms with Gasteiger partial charge in [0.2, 0.25) is 0 Å². The highest BCUT2D eigenvalue weighted by molar-refractivity contribution is 7.92. The summed E-state index contributed by atoms with van der Waals surface area (Å²) in [6.07, 6.45) is 0. The van der Waals surface area contributed by atoms with Crippen molar-refractivity contribution in [3.8, 4) is 0 Å². The molecule has 0 heterocycles. The van der Waals surface area contributed by atoms with Crippen LogP contribution in [0.2, 0.25) is 15.1 Å². The van der Waals surface area contributed by atoms with E-state index in [-0.39, 0.29) is 26.3 Å². The second-order valence-electron chi connectivity index (χ2n) is 4.35. The van der Waals surface area contributed by atoms with Crippen LogP contribution in [-0.4, -0.2) is 8.42 Å². The van der Waals surface area contributed by atoms with E-state index in [1.54, 1.807) is 19.1 Å². The van der Waals surface area contributed by atoms with Gasteiger partial charge in [-0.3, -0.25) is 4.72 Å². The van der Waals surface area contributed by atoms with Gasteiger partial charge in [0.15, 0.2) is 0 Å². The Labute approximate surface area is 137 Å². The van der Waals surface area contributed by atoms with Gasteiger partial charge in [0.25, 0.3) is 10.0 Å². The van der Waals surface area contributed by atoms with E-state index in [0.717, 1.165) is 0 Å². The first-order chi connectivity index (χ1) is 9.72. The van der Waals surface area contributed by atoms with Gasteiger partial charge in [-0.1, -0.05) is 40.9 Å². The molecule has 0 atom stereocenters. The minimum Gasteiger partial charge on any atom is -0.397 e. The Morgan fingerprint density at radius 2 is 1.76 bits per heavy atom. The number of halogens is 3. The number of sulfonamides is 1. The summed E-state index contributed by atoms with van der Waals surface area (Å²) in [7, 11) is -3.85. The Kier molecular flexibility index (Phi) is 4.58. The second-order valence-corrected chi connectivity index (χ2v) is 7.20. The van der Waals surface area contributed by atoms with Crippen molar-refractivity contribution in [2.75, 3.05) is 10.5 Å². The molecule has 0 radical (unpaired) electrons. The molecule has 0 saturated heterocycles. The number of nitrogens with one attached hydrogen (secondary N) is 1. The zero-order chi connectivity index (χ0) is 15.8. The molecule has 0 spiro atoms. The van der Waals surface area contributed by atoms with Crippen molar-refractivity contribution in [2.24, 2.45) is 0 Å². The van der Waals surface area contributed by atoms with Crippen molar-refractivity contribution in [2.45, 2.75) is 11.8 Å². The molecule has 3 N–H and O–H groups in total. The number of anilines is 2. The second kappa shape index (κ2) is 5.93. The van der Waals surface area contributed by atoms with Gasteiger partial charge in [0, 0.05) is 0 Å². The lowest BCUT2D eigenvalue weighted by atomic mass is 10.2. The van der Waals surface area contributed by atoms with E-state index < -0.39 is 10.0 Å². The fourth-order valence-electron chi connectivity index (χ4n) is 1.70. The molecule has 0 amide bonds. The van der Waals surface area contributed by atoms with Crippen molar-refractivity contribution >= 4 is 56.2 Å². The SMILES string of the molecule is Cc1cc(S(=O)(=O)Nc2cccc(Cl)c2Cl)cc(N)c1Cl. The lowest BCUT2D eigenvalue weighted by Crippen LogP contribution is -2.14. The van der Waals surface area contributed by atoms with Crippen LogP contribution in [0.5, 0.6) is 0 Å². The molecular formula is C13H11Cl3N2O2S. The zero-order valence-corrected chi connectivity index (χ0v) is 13.9. The highest BCUT2D eigenvalue weighted by atomic mass is 35.5. The number of rotatable bonds is 3. The van der Waals surface area contributed by atoms with Crippen LogP contribution in [0, 0.1) is 6.92 Å². The monoisotopic (exact) mass is 364 g/mol. The van der Waals surface area contributed by atoms with Gasteiger partial charge < -0.3 is 5.73 Å². The minimum absolute atomic E-state index is 0.00191. The smallest absolute Gasteiger partial charge is 0.262 e. The average molecular weight is 366 g/mol. The molecule has 0 aliphatic heterocycles. The molecule has 0 aliphatic rings. The first kappa shape index (κ1) is 16.2. The Morgan fingerprint density at radius 3 is 2.38 bits per heavy atom. The summed E-state index contributed by atoms with van der Waals surface area (Å²) in [5.41, 5.74) is 6.64. The molecule has 0 unspecified atom stereocenters. The Balaban J connectivity index is 2.46. The molecule has 8 heteroatoms. The summed E-state index contributed by atoms with van der Waals surface area (Å²) in [5.74, 6) is 0. The van der Waals surface area contributed by atoms with Crippen molar-refractivity contribution in [1.29, 1.82) is 0 Å². The summed E-state index contributed by atoms with van der Waals surface area (Å²) < 4.78 is 27.1. The van der Waals surface area contributed by atoms with Gasteiger partial charge in [0.1, 0.15) is 0 Å². The van der Waals surface area contributed by atoms with Gasteiger partial charge >= 0.3 is 0 Å². The van der Waals surface area contributed by atoms with Crippen molar-refractivity contribution in [1.82, 2.24) is 0 Å². The first-order valence-electron chi connectivity index (χ1n) is 5.75. The van der Waals surface area contributed by atoms with E-state index in [4.69, 9.17) is 40.5 Å². The third-order valence-corrected chi connectivity index (χ3v) is 5.44. The molecule has 2 aromatic carbocycles. The van der Waals surface area contributed by atoms with E-state index >= 15 is 0 Å². The van der Waals surface area contributed by atoms with E-state index in [9.17, 15) is 8.42 Å². The number of aryl methyl sites for hydroxylation is 1. The molecule has 0 bridgehead atoms. The maximum atomic E-state index is 12.4. The molecule has 2 aromatic rings. The van der Waals surface area contributed by atoms with Crippen molar-refractivity contribution < 1.29 is 8.42 Å². The predicted molar refractivity (Wildman–Crippen MR) is 87.9 cm³/mol. The predicted octanol–water partition coefficient (Wildman–Crippen LogP) is 4.34. The number of nitrogens with two attached hydrogens (primary N) is 1. The van der Waals surface area contributed by atoms with Crippen LogP contribution in [0.15, 0.2) is 35.2 Å². The Hall–Kier alpha value is -1.14. The van der Waals surface area contributed by atoms with Crippen LogP contribution in [0.1, 0.15) is 5.56 Å². The van der Waals surface area contributed by atoms with E-state index in [1.165, 1.54) is 18.2 Å². The van der Waals surface area contributed by atoms with Crippen LogP contribution in [0.25, 0.3) is 0 Å². The number of hydrogen-bond acceptors (Lipinski definition) is 3. The molecule has 21 heavy (non-hydrogen) atoms. The van der Waals surface area contributed by atoms with E-state index in [1.807, 2.05) is 0 Å². The lowest BCUT2D eigenvalue weighted by Gasteiger charge is -2.12. The van der Waals surface area contributed by atoms with Crippen molar-refractivity contribution in [3.63, 3.8) is 0 Å². The summed E-state index contributed by atoms with van der Waals surface area (Å²) in [6.45, 7) is 1.67. The molecular weight excluding hydrogens is 355 g/mol. The van der Waals surface area contributed by atoms with Gasteiger partial charge in [-0.05, 0) is 36.8 Å².